The van der Waals surface area contributed by atoms with E-state index >= 15 is 0 Å². The van der Waals surface area contributed by atoms with Crippen molar-refractivity contribution >= 4 is 52.2 Å². The highest BCUT2D eigenvalue weighted by Gasteiger charge is 2.56. The maximum absolute atomic E-state index is 13.8. The molecule has 3 aromatic carbocycles. The van der Waals surface area contributed by atoms with Crippen molar-refractivity contribution in [2.75, 3.05) is 16.8 Å². The van der Waals surface area contributed by atoms with E-state index in [1.54, 1.807) is 42.5 Å². The number of hydrogen-bond donors (Lipinski definition) is 2. The fourth-order valence-corrected chi connectivity index (χ4v) is 7.50. The average Bonchev–Trinajstić information content (AvgIpc) is 3.43. The Labute approximate surface area is 232 Å². The fourth-order valence-electron chi connectivity index (χ4n) is 4.99. The molecule has 196 valence electrons. The van der Waals surface area contributed by atoms with Crippen molar-refractivity contribution in [1.29, 1.82) is 0 Å². The van der Waals surface area contributed by atoms with Crippen LogP contribution in [0.15, 0.2) is 88.7 Å². The lowest BCUT2D eigenvalue weighted by Gasteiger charge is -2.30. The number of anilines is 2. The largest absolute Gasteiger partial charge is 0.484 e. The van der Waals surface area contributed by atoms with Gasteiger partial charge in [-0.2, -0.15) is 0 Å². The predicted octanol–water partition coefficient (Wildman–Crippen LogP) is 4.56. The van der Waals surface area contributed by atoms with Gasteiger partial charge in [-0.25, -0.2) is 4.90 Å². The number of aromatic amines is 1. The Kier molecular flexibility index (Phi) is 6.58. The summed E-state index contributed by atoms with van der Waals surface area (Å²) in [5, 5.41) is 2.73. The first kappa shape index (κ1) is 25.1. The smallest absolute Gasteiger partial charge is 0.305 e. The molecule has 2 aliphatic heterocycles. The first-order valence-corrected chi connectivity index (χ1v) is 14.0. The molecule has 0 unspecified atom stereocenters. The van der Waals surface area contributed by atoms with Gasteiger partial charge in [0.2, 0.25) is 11.8 Å². The lowest BCUT2D eigenvalue weighted by atomic mass is 9.83. The monoisotopic (exact) mass is 557 g/mol. The highest BCUT2D eigenvalue weighted by molar-refractivity contribution is 8.00. The average molecular weight is 558 g/mol. The van der Waals surface area contributed by atoms with Crippen LogP contribution in [0.25, 0.3) is 0 Å². The summed E-state index contributed by atoms with van der Waals surface area (Å²) in [5.74, 6) is -1.68. The molecule has 39 heavy (non-hydrogen) atoms. The Hall–Kier alpha value is -4.15. The molecule has 0 radical (unpaired) electrons. The maximum Gasteiger partial charge on any atom is 0.305 e. The van der Waals surface area contributed by atoms with Gasteiger partial charge in [-0.15, -0.1) is 0 Å². The minimum atomic E-state index is -0.693. The Morgan fingerprint density at radius 3 is 2.51 bits per heavy atom. The lowest BCUT2D eigenvalue weighted by Crippen LogP contribution is -2.32. The molecule has 0 spiro atoms. The summed E-state index contributed by atoms with van der Waals surface area (Å²) in [4.78, 5) is 56.6. The van der Waals surface area contributed by atoms with Crippen LogP contribution in [-0.2, 0) is 14.4 Å². The maximum atomic E-state index is 13.8. The van der Waals surface area contributed by atoms with Crippen LogP contribution in [0, 0.1) is 12.8 Å². The molecule has 1 saturated heterocycles. The summed E-state index contributed by atoms with van der Waals surface area (Å²) in [7, 11) is 0. The molecule has 0 saturated carbocycles. The van der Waals surface area contributed by atoms with Crippen LogP contribution in [0.4, 0.5) is 11.4 Å². The second kappa shape index (κ2) is 10.2. The fraction of sp³-hybridized carbons (Fsp3) is 0.172. The first-order valence-electron chi connectivity index (χ1n) is 12.3. The van der Waals surface area contributed by atoms with E-state index in [4.69, 9.17) is 4.74 Å². The molecule has 1 aromatic heterocycles. The summed E-state index contributed by atoms with van der Waals surface area (Å²) < 4.78 is 5.79. The number of thiazole rings is 1. The molecule has 1 fully saturated rings. The summed E-state index contributed by atoms with van der Waals surface area (Å²) in [6, 6.07) is 23.5. The van der Waals surface area contributed by atoms with Gasteiger partial charge in [0.15, 0.2) is 6.61 Å². The summed E-state index contributed by atoms with van der Waals surface area (Å²) in [6.45, 7) is 1.77. The van der Waals surface area contributed by atoms with Crippen molar-refractivity contribution in [2.24, 2.45) is 5.92 Å². The van der Waals surface area contributed by atoms with Gasteiger partial charge in [0.25, 0.3) is 5.91 Å². The summed E-state index contributed by atoms with van der Waals surface area (Å²) >= 11 is 2.29. The van der Waals surface area contributed by atoms with Crippen LogP contribution in [0.2, 0.25) is 0 Å². The second-order valence-corrected chi connectivity index (χ2v) is 11.5. The van der Waals surface area contributed by atoms with E-state index in [1.807, 2.05) is 43.3 Å². The Morgan fingerprint density at radius 2 is 1.74 bits per heavy atom. The highest BCUT2D eigenvalue weighted by atomic mass is 32.2. The highest BCUT2D eigenvalue weighted by Crippen LogP contribution is 2.53. The first-order chi connectivity index (χ1) is 18.9. The third-order valence-corrected chi connectivity index (χ3v) is 9.16. The van der Waals surface area contributed by atoms with Gasteiger partial charge < -0.3 is 15.0 Å². The number of imide groups is 1. The molecule has 4 aromatic rings. The SMILES string of the molecule is Cc1ccc(NC(=O)COc2cccc([C@@H]3c4sc(=O)[nH]c4S[C@H]4C(=O)N(c5ccccc5)C(=O)[C@@H]34)c2)cc1. The topological polar surface area (TPSA) is 109 Å². The Balaban J connectivity index is 1.28. The van der Waals surface area contributed by atoms with Crippen LogP contribution in [0.5, 0.6) is 5.75 Å². The van der Waals surface area contributed by atoms with Gasteiger partial charge in [0, 0.05) is 16.5 Å². The number of nitrogens with one attached hydrogen (secondary N) is 2. The van der Waals surface area contributed by atoms with Crippen molar-refractivity contribution in [1.82, 2.24) is 4.98 Å². The molecule has 3 heterocycles. The van der Waals surface area contributed by atoms with Gasteiger partial charge in [0.05, 0.1) is 16.6 Å². The molecule has 0 aliphatic carbocycles. The number of H-pyrrole nitrogens is 1. The van der Waals surface area contributed by atoms with E-state index < -0.39 is 17.1 Å². The third kappa shape index (κ3) is 4.77. The summed E-state index contributed by atoms with van der Waals surface area (Å²) in [6.07, 6.45) is 0. The van der Waals surface area contributed by atoms with Gasteiger partial charge in [-0.05, 0) is 48.9 Å². The molecule has 2 N–H and O–H groups in total. The molecular formula is C29H23N3O5S2. The summed E-state index contributed by atoms with van der Waals surface area (Å²) in [5.41, 5.74) is 3.02. The number of ether oxygens (including phenoxy) is 1. The molecular weight excluding hydrogens is 534 g/mol. The number of carbonyl (C=O) groups is 3. The Bertz CT molecular complexity index is 1630. The lowest BCUT2D eigenvalue weighted by molar-refractivity contribution is -0.122. The predicted molar refractivity (Wildman–Crippen MR) is 151 cm³/mol. The van der Waals surface area contributed by atoms with E-state index in [9.17, 15) is 19.2 Å². The molecule has 3 atom stereocenters. The molecule has 3 amide bonds. The normalized spacial score (nSPS) is 19.9. The van der Waals surface area contributed by atoms with Crippen molar-refractivity contribution in [3.05, 3.63) is 105 Å². The molecule has 0 bridgehead atoms. The number of aromatic nitrogens is 1. The van der Waals surface area contributed by atoms with Crippen molar-refractivity contribution < 1.29 is 19.1 Å². The van der Waals surface area contributed by atoms with Crippen LogP contribution >= 0.6 is 23.1 Å². The number of rotatable bonds is 6. The molecule has 6 rings (SSSR count). The van der Waals surface area contributed by atoms with Crippen LogP contribution in [-0.4, -0.2) is 34.6 Å². The standard InChI is InChI=1S/C29H23N3O5S2/c1-16-10-12-18(13-11-16)30-21(33)15-37-20-9-5-6-17(14-20)22-23-25(38-26-24(22)39-29(36)31-26)28(35)32(27(23)34)19-7-3-2-4-8-19/h2-14,22-23,25H,15H2,1H3,(H,30,33)(H,31,36)/t22-,23-,25+/m0/s1. The number of aryl methyl sites for hydroxylation is 1. The van der Waals surface area contributed by atoms with E-state index in [1.165, 1.54) is 16.7 Å². The van der Waals surface area contributed by atoms with Crippen molar-refractivity contribution in [3.63, 3.8) is 0 Å². The van der Waals surface area contributed by atoms with E-state index in [0.29, 0.717) is 22.2 Å². The van der Waals surface area contributed by atoms with E-state index in [0.717, 1.165) is 27.3 Å². The number of thioether (sulfide) groups is 1. The number of nitrogens with zero attached hydrogens (tertiary/aromatic N) is 1. The van der Waals surface area contributed by atoms with Crippen molar-refractivity contribution in [3.8, 4) is 5.75 Å². The number of fused-ring (bicyclic) bond motifs is 2. The quantitative estimate of drug-likeness (QED) is 0.337. The number of benzene rings is 3. The zero-order valence-corrected chi connectivity index (χ0v) is 22.4. The van der Waals surface area contributed by atoms with Gasteiger partial charge >= 0.3 is 4.87 Å². The van der Waals surface area contributed by atoms with Crippen molar-refractivity contribution in [2.45, 2.75) is 23.1 Å². The number of hydrogen-bond acceptors (Lipinski definition) is 7. The third-order valence-electron chi connectivity index (χ3n) is 6.76. The minimum absolute atomic E-state index is 0.203. The van der Waals surface area contributed by atoms with Gasteiger partial charge in [-0.3, -0.25) is 19.2 Å². The van der Waals surface area contributed by atoms with Crippen LogP contribution < -0.4 is 19.8 Å². The number of carbonyl (C=O) groups excluding carboxylic acids is 3. The molecule has 2 aliphatic rings. The van der Waals surface area contributed by atoms with Gasteiger partial charge in [0.1, 0.15) is 11.0 Å². The Morgan fingerprint density at radius 1 is 0.974 bits per heavy atom. The minimum Gasteiger partial charge on any atom is -0.484 e. The molecule has 8 nitrogen and oxygen atoms in total. The zero-order chi connectivity index (χ0) is 27.1. The number of amides is 3. The zero-order valence-electron chi connectivity index (χ0n) is 20.7. The van der Waals surface area contributed by atoms with Crippen LogP contribution in [0.1, 0.15) is 21.9 Å². The number of para-hydroxylation sites is 1. The second-order valence-electron chi connectivity index (χ2n) is 9.37. The van der Waals surface area contributed by atoms with E-state index in [-0.39, 0.29) is 29.2 Å². The van der Waals surface area contributed by atoms with E-state index in [2.05, 4.69) is 10.3 Å². The van der Waals surface area contributed by atoms with Gasteiger partial charge in [-0.1, -0.05) is 71.1 Å². The van der Waals surface area contributed by atoms with Crippen LogP contribution in [0.3, 0.4) is 0 Å². The molecule has 10 heteroatoms.